The van der Waals surface area contributed by atoms with Gasteiger partial charge in [-0.2, -0.15) is 5.10 Å². The lowest BCUT2D eigenvalue weighted by Gasteiger charge is -2.25. The topological polar surface area (TPSA) is 97.3 Å². The number of pyridine rings is 1. The number of anilines is 1. The van der Waals surface area contributed by atoms with E-state index in [-0.39, 0.29) is 0 Å². The molecule has 212 valence electrons. The van der Waals surface area contributed by atoms with Crippen molar-refractivity contribution in [2.45, 2.75) is 38.8 Å². The van der Waals surface area contributed by atoms with Gasteiger partial charge in [0, 0.05) is 55.4 Å². The fourth-order valence-corrected chi connectivity index (χ4v) is 5.90. The zero-order chi connectivity index (χ0) is 28.9. The first-order chi connectivity index (χ1) is 20.6. The number of carboxylic acid groups (broad SMARTS) is 1. The lowest BCUT2D eigenvalue weighted by molar-refractivity contribution is 0.0681. The predicted octanol–water partition coefficient (Wildman–Crippen LogP) is 6.01. The highest BCUT2D eigenvalue weighted by atomic mass is 16.4. The summed E-state index contributed by atoms with van der Waals surface area (Å²) in [4.78, 5) is 18.9. The number of aromatic carboxylic acids is 1. The number of fused-ring (bicyclic) bond motifs is 3. The maximum absolute atomic E-state index is 12.3. The van der Waals surface area contributed by atoms with Crippen LogP contribution in [0.3, 0.4) is 0 Å². The van der Waals surface area contributed by atoms with Crippen molar-refractivity contribution in [3.63, 3.8) is 0 Å². The van der Waals surface area contributed by atoms with E-state index < -0.39 is 5.97 Å². The highest BCUT2D eigenvalue weighted by Crippen LogP contribution is 2.34. The van der Waals surface area contributed by atoms with Gasteiger partial charge in [-0.3, -0.25) is 9.67 Å². The summed E-state index contributed by atoms with van der Waals surface area (Å²) >= 11 is 0. The van der Waals surface area contributed by atoms with Crippen molar-refractivity contribution in [1.82, 2.24) is 14.8 Å². The van der Waals surface area contributed by atoms with Crippen LogP contribution >= 0.6 is 0 Å². The molecule has 42 heavy (non-hydrogen) atoms. The van der Waals surface area contributed by atoms with Crippen LogP contribution < -0.4 is 10.6 Å². The van der Waals surface area contributed by atoms with Crippen LogP contribution in [0.25, 0.3) is 22.4 Å². The molecule has 0 spiro atoms. The molecular formula is C35H35N5O2. The second-order valence-electron chi connectivity index (χ2n) is 10.8. The zero-order valence-corrected chi connectivity index (χ0v) is 23.6. The second kappa shape index (κ2) is 12.4. The molecule has 3 aromatic carbocycles. The van der Waals surface area contributed by atoms with E-state index in [1.54, 1.807) is 10.9 Å². The van der Waals surface area contributed by atoms with E-state index in [0.29, 0.717) is 25.2 Å². The Bertz CT molecular complexity index is 1680. The number of nitrogens with zero attached hydrogens (tertiary/aromatic N) is 4. The minimum atomic E-state index is -0.917. The third-order valence-electron chi connectivity index (χ3n) is 8.10. The van der Waals surface area contributed by atoms with E-state index in [1.165, 1.54) is 16.7 Å². The van der Waals surface area contributed by atoms with Crippen molar-refractivity contribution in [1.29, 1.82) is 0 Å². The molecule has 2 aromatic heterocycles. The normalized spacial score (nSPS) is 12.0. The highest BCUT2D eigenvalue weighted by molar-refractivity contribution is 5.90. The van der Waals surface area contributed by atoms with Crippen molar-refractivity contribution in [2.24, 2.45) is 5.73 Å². The van der Waals surface area contributed by atoms with Gasteiger partial charge in [0.25, 0.3) is 0 Å². The molecule has 0 unspecified atom stereocenters. The molecule has 0 aliphatic heterocycles. The Balaban J connectivity index is 1.15. The van der Waals surface area contributed by atoms with Crippen molar-refractivity contribution < 1.29 is 9.90 Å². The van der Waals surface area contributed by atoms with Gasteiger partial charge in [-0.1, -0.05) is 60.7 Å². The van der Waals surface area contributed by atoms with Crippen molar-refractivity contribution in [2.75, 3.05) is 18.0 Å². The number of hydrogen-bond acceptors (Lipinski definition) is 5. The van der Waals surface area contributed by atoms with Gasteiger partial charge in [-0.05, 0) is 77.8 Å². The fourth-order valence-electron chi connectivity index (χ4n) is 5.90. The molecule has 7 heteroatoms. The minimum absolute atomic E-state index is 0.316. The van der Waals surface area contributed by atoms with Crippen molar-refractivity contribution in [3.8, 4) is 22.4 Å². The number of nitrogens with two attached hydrogens (primary N) is 1. The Morgan fingerprint density at radius 1 is 0.905 bits per heavy atom. The van der Waals surface area contributed by atoms with Crippen LogP contribution in [0.1, 0.15) is 39.2 Å². The Morgan fingerprint density at radius 3 is 2.52 bits per heavy atom. The van der Waals surface area contributed by atoms with Gasteiger partial charge in [0.1, 0.15) is 5.69 Å². The number of rotatable bonds is 11. The molecule has 6 rings (SSSR count). The Morgan fingerprint density at radius 2 is 1.74 bits per heavy atom. The molecule has 7 nitrogen and oxygen atoms in total. The number of aryl methyl sites for hydroxylation is 2. The van der Waals surface area contributed by atoms with Gasteiger partial charge in [0.2, 0.25) is 0 Å². The largest absolute Gasteiger partial charge is 0.477 e. The van der Waals surface area contributed by atoms with Crippen LogP contribution in [0.15, 0.2) is 97.3 Å². The summed E-state index contributed by atoms with van der Waals surface area (Å²) in [5.41, 5.74) is 15.8. The quantitative estimate of drug-likeness (QED) is 0.207. The summed E-state index contributed by atoms with van der Waals surface area (Å²) in [6.07, 6.45) is 6.74. The van der Waals surface area contributed by atoms with E-state index in [9.17, 15) is 9.90 Å². The lowest BCUT2D eigenvalue weighted by Crippen LogP contribution is -2.28. The molecule has 0 bridgehead atoms. The summed E-state index contributed by atoms with van der Waals surface area (Å²) in [7, 11) is 0. The number of carbonyl (C=O) groups is 1. The van der Waals surface area contributed by atoms with Gasteiger partial charge in [-0.25, -0.2) is 4.79 Å². The number of benzene rings is 3. The Labute approximate surface area is 246 Å². The maximum Gasteiger partial charge on any atom is 0.354 e. The third-order valence-corrected chi connectivity index (χ3v) is 8.10. The molecule has 1 aliphatic rings. The summed E-state index contributed by atoms with van der Waals surface area (Å²) in [6.45, 7) is 2.72. The zero-order valence-electron chi connectivity index (χ0n) is 23.6. The Kier molecular flexibility index (Phi) is 8.10. The summed E-state index contributed by atoms with van der Waals surface area (Å²) in [6, 6.07) is 29.5. The molecule has 1 aliphatic carbocycles. The molecule has 0 fully saturated rings. The van der Waals surface area contributed by atoms with E-state index >= 15 is 0 Å². The van der Waals surface area contributed by atoms with Crippen LogP contribution in [0.2, 0.25) is 0 Å². The summed E-state index contributed by atoms with van der Waals surface area (Å²) in [5, 5.41) is 14.9. The van der Waals surface area contributed by atoms with E-state index in [1.807, 2.05) is 18.3 Å². The highest BCUT2D eigenvalue weighted by Gasteiger charge is 2.28. The standard InChI is InChI=1S/C35H35N5O2/c36-23-26-6-4-7-28(22-26)27-12-10-25(11-13-27)17-21-39(30-8-2-1-3-9-30)19-5-20-40-34(35(41)42)32-15-14-29-24-37-18-16-31(29)33(32)38-40/h1-4,6-13,16,18,22,24H,5,14-15,17,19-21,23,36H2,(H,41,42). The average Bonchev–Trinajstić information content (AvgIpc) is 3.42. The molecule has 0 saturated heterocycles. The third kappa shape index (κ3) is 5.83. The first-order valence-electron chi connectivity index (χ1n) is 14.6. The predicted molar refractivity (Wildman–Crippen MR) is 167 cm³/mol. The van der Waals surface area contributed by atoms with Gasteiger partial charge >= 0.3 is 5.97 Å². The van der Waals surface area contributed by atoms with Gasteiger partial charge in [0.05, 0.1) is 5.69 Å². The Hall–Kier alpha value is -4.75. The van der Waals surface area contributed by atoms with Crippen LogP contribution in [0.4, 0.5) is 5.69 Å². The molecule has 0 atom stereocenters. The fraction of sp³-hybridized carbons (Fsp3) is 0.229. The SMILES string of the molecule is NCc1cccc(-c2ccc(CCN(CCCn3nc4c(c3C(=O)O)CCc3cnccc3-4)c3ccccc3)cc2)c1. The number of carboxylic acids is 1. The molecule has 0 amide bonds. The number of para-hydroxylation sites is 1. The lowest BCUT2D eigenvalue weighted by atomic mass is 9.90. The molecule has 2 heterocycles. The van der Waals surface area contributed by atoms with E-state index in [0.717, 1.165) is 66.0 Å². The van der Waals surface area contributed by atoms with Crippen LogP contribution in [0, 0.1) is 0 Å². The number of hydrogen-bond donors (Lipinski definition) is 2. The minimum Gasteiger partial charge on any atom is -0.477 e. The molecule has 5 aromatic rings. The number of aromatic nitrogens is 3. The summed E-state index contributed by atoms with van der Waals surface area (Å²) in [5.74, 6) is -0.917. The molecule has 0 saturated carbocycles. The van der Waals surface area contributed by atoms with Gasteiger partial charge in [0.15, 0.2) is 0 Å². The maximum atomic E-state index is 12.3. The monoisotopic (exact) mass is 557 g/mol. The van der Waals surface area contributed by atoms with E-state index in [2.05, 4.69) is 82.7 Å². The van der Waals surface area contributed by atoms with Crippen LogP contribution in [-0.4, -0.2) is 38.9 Å². The average molecular weight is 558 g/mol. The molecule has 0 radical (unpaired) electrons. The van der Waals surface area contributed by atoms with Gasteiger partial charge in [-0.15, -0.1) is 0 Å². The van der Waals surface area contributed by atoms with Crippen molar-refractivity contribution in [3.05, 3.63) is 125 Å². The summed E-state index contributed by atoms with van der Waals surface area (Å²) < 4.78 is 1.70. The first kappa shape index (κ1) is 27.4. The van der Waals surface area contributed by atoms with Gasteiger partial charge < -0.3 is 15.7 Å². The van der Waals surface area contributed by atoms with E-state index in [4.69, 9.17) is 10.8 Å². The molecule has 3 N–H and O–H groups in total. The first-order valence-corrected chi connectivity index (χ1v) is 14.6. The second-order valence-corrected chi connectivity index (χ2v) is 10.8. The molecular weight excluding hydrogens is 522 g/mol. The smallest absolute Gasteiger partial charge is 0.354 e. The van der Waals surface area contributed by atoms with Crippen molar-refractivity contribution >= 4 is 11.7 Å². The van der Waals surface area contributed by atoms with Crippen LogP contribution in [-0.2, 0) is 32.4 Å². The van der Waals surface area contributed by atoms with Crippen LogP contribution in [0.5, 0.6) is 0 Å².